The Labute approximate surface area is 85.5 Å². The molecule has 0 N–H and O–H groups in total. The van der Waals surface area contributed by atoms with E-state index in [0.29, 0.717) is 11.1 Å². The third-order valence-electron chi connectivity index (χ3n) is 2.19. The Morgan fingerprint density at radius 2 is 1.57 bits per heavy atom. The van der Waals surface area contributed by atoms with Crippen molar-refractivity contribution in [3.8, 4) is 11.1 Å². The molecule has 0 saturated heterocycles. The van der Waals surface area contributed by atoms with Gasteiger partial charge in [-0.2, -0.15) is 0 Å². The van der Waals surface area contributed by atoms with Crippen molar-refractivity contribution < 1.29 is 0 Å². The topological polar surface area (TPSA) is 34.1 Å². The molecule has 0 bridgehead atoms. The number of rotatable bonds is 1. The first-order valence-corrected chi connectivity index (χ1v) is 4.55. The van der Waals surface area contributed by atoms with Crippen LogP contribution in [-0.2, 0) is 0 Å². The molecule has 0 aliphatic heterocycles. The fourth-order valence-corrected chi connectivity index (χ4v) is 1.62. The van der Waals surface area contributed by atoms with Gasteiger partial charge in [-0.15, -0.1) is 0 Å². The summed E-state index contributed by atoms with van der Waals surface area (Å²) in [6.07, 6.45) is 0. The van der Waals surface area contributed by atoms with Crippen LogP contribution in [0.2, 0.25) is 5.02 Å². The second kappa shape index (κ2) is 3.07. The fraction of sp³-hybridized carbons (Fsp3) is 0.0909. The summed E-state index contributed by atoms with van der Waals surface area (Å²) in [4.78, 5) is 22.0. The first kappa shape index (κ1) is 9.16. The number of benzene rings is 1. The maximum atomic E-state index is 11.2. The van der Waals surface area contributed by atoms with Crippen LogP contribution in [0.4, 0.5) is 0 Å². The van der Waals surface area contributed by atoms with Gasteiger partial charge in [0.15, 0.2) is 0 Å². The summed E-state index contributed by atoms with van der Waals surface area (Å²) in [5.74, 6) is 0. The van der Waals surface area contributed by atoms with Crippen LogP contribution in [0.15, 0.2) is 33.9 Å². The van der Waals surface area contributed by atoms with Gasteiger partial charge < -0.3 is 0 Å². The molecule has 0 saturated carbocycles. The van der Waals surface area contributed by atoms with E-state index in [0.717, 1.165) is 5.56 Å². The molecule has 70 valence electrons. The van der Waals surface area contributed by atoms with Crippen LogP contribution in [0.1, 0.15) is 5.56 Å². The van der Waals surface area contributed by atoms with E-state index >= 15 is 0 Å². The van der Waals surface area contributed by atoms with E-state index < -0.39 is 10.9 Å². The van der Waals surface area contributed by atoms with Crippen molar-refractivity contribution >= 4 is 11.6 Å². The van der Waals surface area contributed by atoms with Crippen molar-refractivity contribution in [2.45, 2.75) is 6.92 Å². The van der Waals surface area contributed by atoms with E-state index in [-0.39, 0.29) is 5.02 Å². The maximum Gasteiger partial charge on any atom is 0.245 e. The van der Waals surface area contributed by atoms with Crippen LogP contribution < -0.4 is 10.9 Å². The molecule has 0 spiro atoms. The highest BCUT2D eigenvalue weighted by Crippen LogP contribution is 2.23. The summed E-state index contributed by atoms with van der Waals surface area (Å²) in [5.41, 5.74) is 1.09. The summed E-state index contributed by atoms with van der Waals surface area (Å²) in [6, 6.07) is 7.33. The van der Waals surface area contributed by atoms with Gasteiger partial charge in [0.05, 0.1) is 5.56 Å². The van der Waals surface area contributed by atoms with Crippen molar-refractivity contribution in [2.75, 3.05) is 0 Å². The van der Waals surface area contributed by atoms with E-state index in [1.54, 1.807) is 12.1 Å². The average molecular weight is 207 g/mol. The highest BCUT2D eigenvalue weighted by atomic mass is 35.5. The number of hydrogen-bond donors (Lipinski definition) is 0. The number of aryl methyl sites for hydroxylation is 1. The Hall–Kier alpha value is -1.41. The quantitative estimate of drug-likeness (QED) is 0.668. The molecule has 0 amide bonds. The zero-order valence-corrected chi connectivity index (χ0v) is 8.26. The molecule has 2 nitrogen and oxygen atoms in total. The molecule has 2 rings (SSSR count). The smallest absolute Gasteiger partial charge is 0.245 e. The van der Waals surface area contributed by atoms with E-state index in [1.807, 2.05) is 19.1 Å². The second-order valence-electron chi connectivity index (χ2n) is 3.21. The van der Waals surface area contributed by atoms with Gasteiger partial charge in [-0.05, 0) is 12.5 Å². The molecule has 2 aromatic rings. The van der Waals surface area contributed by atoms with Crippen LogP contribution in [0, 0.1) is 6.92 Å². The molecule has 0 fully saturated rings. The van der Waals surface area contributed by atoms with Crippen LogP contribution >= 0.6 is 11.6 Å². The minimum atomic E-state index is -0.581. The highest BCUT2D eigenvalue weighted by Gasteiger charge is 2.19. The molecule has 0 radical (unpaired) electrons. The molecule has 0 heterocycles. The summed E-state index contributed by atoms with van der Waals surface area (Å²) < 4.78 is 0. The molecule has 0 unspecified atom stereocenters. The van der Waals surface area contributed by atoms with Gasteiger partial charge >= 0.3 is 0 Å². The van der Waals surface area contributed by atoms with Crippen LogP contribution in [0.5, 0.6) is 0 Å². The lowest BCUT2D eigenvalue weighted by Crippen LogP contribution is -2.33. The lowest BCUT2D eigenvalue weighted by atomic mass is 10.0. The van der Waals surface area contributed by atoms with Crippen molar-refractivity contribution in [3.63, 3.8) is 0 Å². The summed E-state index contributed by atoms with van der Waals surface area (Å²) in [7, 11) is 0. The lowest BCUT2D eigenvalue weighted by Gasteiger charge is -2.05. The Morgan fingerprint density at radius 1 is 1.00 bits per heavy atom. The van der Waals surface area contributed by atoms with Gasteiger partial charge in [-0.1, -0.05) is 41.4 Å². The van der Waals surface area contributed by atoms with Gasteiger partial charge in [-0.3, -0.25) is 9.59 Å². The van der Waals surface area contributed by atoms with Crippen LogP contribution in [-0.4, -0.2) is 0 Å². The Balaban J connectivity index is 2.58. The van der Waals surface area contributed by atoms with E-state index in [9.17, 15) is 9.59 Å². The molecule has 0 aliphatic carbocycles. The van der Waals surface area contributed by atoms with Gasteiger partial charge in [0.1, 0.15) is 5.02 Å². The van der Waals surface area contributed by atoms with Gasteiger partial charge in [-0.25, -0.2) is 0 Å². The van der Waals surface area contributed by atoms with E-state index in [2.05, 4.69) is 0 Å². The molecule has 0 atom stereocenters. The molecular formula is C11H7ClO2. The fourth-order valence-electron chi connectivity index (χ4n) is 1.34. The van der Waals surface area contributed by atoms with Crippen LogP contribution in [0.25, 0.3) is 11.1 Å². The second-order valence-corrected chi connectivity index (χ2v) is 3.59. The predicted octanol–water partition coefficient (Wildman–Crippen LogP) is 1.91. The zero-order chi connectivity index (χ0) is 10.3. The standard InChI is InChI=1S/C11H7ClO2/c1-6-2-4-7(5-3-6)8-9(12)11(14)10(8)13/h2-5H,1H3. The summed E-state index contributed by atoms with van der Waals surface area (Å²) in [5, 5.41) is 0.0545. The molecule has 14 heavy (non-hydrogen) atoms. The van der Waals surface area contributed by atoms with Gasteiger partial charge in [0.25, 0.3) is 0 Å². The zero-order valence-electron chi connectivity index (χ0n) is 7.50. The highest BCUT2D eigenvalue weighted by molar-refractivity contribution is 6.34. The van der Waals surface area contributed by atoms with Crippen LogP contribution in [0.3, 0.4) is 0 Å². The lowest BCUT2D eigenvalue weighted by molar-refractivity contribution is 1.39. The van der Waals surface area contributed by atoms with Crippen molar-refractivity contribution in [1.29, 1.82) is 0 Å². The first-order valence-electron chi connectivity index (χ1n) is 4.17. The first-order chi connectivity index (χ1) is 6.61. The SMILES string of the molecule is Cc1ccc(-c2c(Cl)c(=O)c2=O)cc1. The summed E-state index contributed by atoms with van der Waals surface area (Å²) in [6.45, 7) is 1.95. The van der Waals surface area contributed by atoms with Crippen molar-refractivity contribution in [3.05, 3.63) is 55.3 Å². The van der Waals surface area contributed by atoms with Crippen molar-refractivity contribution in [2.24, 2.45) is 0 Å². The molecule has 2 aromatic carbocycles. The maximum absolute atomic E-state index is 11.2. The molecule has 0 aromatic heterocycles. The van der Waals surface area contributed by atoms with Crippen molar-refractivity contribution in [1.82, 2.24) is 0 Å². The minimum Gasteiger partial charge on any atom is -0.285 e. The number of hydrogen-bond acceptors (Lipinski definition) is 2. The normalized spacial score (nSPS) is 10.7. The summed E-state index contributed by atoms with van der Waals surface area (Å²) >= 11 is 5.64. The molecule has 0 aliphatic rings. The third kappa shape index (κ3) is 1.19. The Bertz CT molecular complexity index is 545. The Kier molecular flexibility index (Phi) is 2.01. The number of halogens is 1. The molecule has 3 heteroatoms. The monoisotopic (exact) mass is 206 g/mol. The largest absolute Gasteiger partial charge is 0.285 e. The van der Waals surface area contributed by atoms with Gasteiger partial charge in [0.2, 0.25) is 10.9 Å². The predicted molar refractivity (Wildman–Crippen MR) is 56.5 cm³/mol. The average Bonchev–Trinajstić information content (AvgIpc) is 2.21. The molecular weight excluding hydrogens is 200 g/mol. The van der Waals surface area contributed by atoms with E-state index in [4.69, 9.17) is 11.6 Å². The Morgan fingerprint density at radius 3 is 2.07 bits per heavy atom. The minimum absolute atomic E-state index is 0.0545. The van der Waals surface area contributed by atoms with E-state index in [1.165, 1.54) is 0 Å². The third-order valence-corrected chi connectivity index (χ3v) is 2.55. The van der Waals surface area contributed by atoms with Gasteiger partial charge in [0, 0.05) is 0 Å².